The molecule has 3 nitrogen and oxygen atoms in total. The molecule has 0 heterocycles. The predicted octanol–water partition coefficient (Wildman–Crippen LogP) is 3.11. The fourth-order valence-electron chi connectivity index (χ4n) is 2.18. The Labute approximate surface area is 106 Å². The molecule has 0 bridgehead atoms. The first-order chi connectivity index (χ1) is 8.06. The molecule has 0 radical (unpaired) electrons. The molecule has 1 aromatic rings. The molecule has 0 saturated heterocycles. The minimum Gasteiger partial charge on any atom is -0.507 e. The number of phenolic OH excluding ortho intramolecular Hbond substituents is 1. The molecule has 1 aliphatic rings. The highest BCUT2D eigenvalue weighted by molar-refractivity contribution is 6.30. The molecule has 0 unspecified atom stereocenters. The minimum atomic E-state index is -0.222. The molecule has 0 aliphatic heterocycles. The van der Waals surface area contributed by atoms with Crippen LogP contribution in [0.2, 0.25) is 5.02 Å². The van der Waals surface area contributed by atoms with E-state index in [2.05, 4.69) is 12.2 Å². The van der Waals surface area contributed by atoms with E-state index in [0.29, 0.717) is 5.02 Å². The van der Waals surface area contributed by atoms with E-state index in [1.165, 1.54) is 6.07 Å². The zero-order valence-corrected chi connectivity index (χ0v) is 10.5. The summed E-state index contributed by atoms with van der Waals surface area (Å²) in [5.74, 6) is -0.290. The summed E-state index contributed by atoms with van der Waals surface area (Å²) in [4.78, 5) is 12.0. The Kier molecular flexibility index (Phi) is 3.29. The Morgan fingerprint density at radius 2 is 2.24 bits per heavy atom. The summed E-state index contributed by atoms with van der Waals surface area (Å²) >= 11 is 5.73. The first-order valence-corrected chi connectivity index (χ1v) is 6.25. The van der Waals surface area contributed by atoms with E-state index >= 15 is 0 Å². The molecule has 2 rings (SSSR count). The summed E-state index contributed by atoms with van der Waals surface area (Å²) in [5.41, 5.74) is 0.220. The molecule has 0 aromatic heterocycles. The summed E-state index contributed by atoms with van der Waals surface area (Å²) < 4.78 is 0. The van der Waals surface area contributed by atoms with Gasteiger partial charge in [0.2, 0.25) is 0 Å². The smallest absolute Gasteiger partial charge is 0.255 e. The number of hydrogen-bond acceptors (Lipinski definition) is 2. The van der Waals surface area contributed by atoms with Crippen LogP contribution in [0.4, 0.5) is 0 Å². The number of rotatable bonds is 3. The number of carbonyl (C=O) groups excluding carboxylic acids is 1. The Hall–Kier alpha value is -1.22. The topological polar surface area (TPSA) is 49.3 Å². The summed E-state index contributed by atoms with van der Waals surface area (Å²) in [6, 6.07) is 4.54. The first-order valence-electron chi connectivity index (χ1n) is 5.87. The van der Waals surface area contributed by atoms with Gasteiger partial charge in [0.05, 0.1) is 5.56 Å². The van der Waals surface area contributed by atoms with Gasteiger partial charge >= 0.3 is 0 Å². The lowest BCUT2D eigenvalue weighted by Gasteiger charge is -2.42. The minimum absolute atomic E-state index is 0.0663. The number of aromatic hydroxyl groups is 1. The Morgan fingerprint density at radius 1 is 1.53 bits per heavy atom. The second kappa shape index (κ2) is 4.57. The number of phenols is 1. The second-order valence-corrected chi connectivity index (χ2v) is 5.04. The van der Waals surface area contributed by atoms with Crippen LogP contribution < -0.4 is 5.32 Å². The molecule has 0 atom stereocenters. The summed E-state index contributed by atoms with van der Waals surface area (Å²) in [6.07, 6.45) is 4.11. The molecule has 1 fully saturated rings. The lowest BCUT2D eigenvalue weighted by molar-refractivity contribution is 0.0818. The molecular formula is C13H16ClNO2. The molecular weight excluding hydrogens is 238 g/mol. The fraction of sp³-hybridized carbons (Fsp3) is 0.462. The van der Waals surface area contributed by atoms with Gasteiger partial charge in [0, 0.05) is 10.6 Å². The molecule has 1 aliphatic carbocycles. The van der Waals surface area contributed by atoms with Crippen LogP contribution in [0.1, 0.15) is 43.0 Å². The van der Waals surface area contributed by atoms with E-state index in [4.69, 9.17) is 11.6 Å². The Bertz CT molecular complexity index is 436. The van der Waals surface area contributed by atoms with Gasteiger partial charge in [0.25, 0.3) is 5.91 Å². The van der Waals surface area contributed by atoms with Crippen molar-refractivity contribution >= 4 is 17.5 Å². The van der Waals surface area contributed by atoms with Crippen LogP contribution in [-0.2, 0) is 0 Å². The highest BCUT2D eigenvalue weighted by Gasteiger charge is 2.36. The van der Waals surface area contributed by atoms with Crippen LogP contribution in [0.15, 0.2) is 18.2 Å². The molecule has 1 aromatic carbocycles. The van der Waals surface area contributed by atoms with Gasteiger partial charge < -0.3 is 10.4 Å². The number of carbonyl (C=O) groups is 1. The lowest BCUT2D eigenvalue weighted by atomic mass is 9.74. The van der Waals surface area contributed by atoms with E-state index in [0.717, 1.165) is 25.7 Å². The summed E-state index contributed by atoms with van der Waals surface area (Å²) in [6.45, 7) is 2.07. The fourth-order valence-corrected chi connectivity index (χ4v) is 2.34. The highest BCUT2D eigenvalue weighted by atomic mass is 35.5. The first kappa shape index (κ1) is 12.2. The van der Waals surface area contributed by atoms with E-state index in [1.807, 2.05) is 0 Å². The van der Waals surface area contributed by atoms with Crippen LogP contribution in [0.5, 0.6) is 5.75 Å². The number of benzene rings is 1. The summed E-state index contributed by atoms with van der Waals surface area (Å²) in [5, 5.41) is 13.1. The SMILES string of the molecule is CCC1(NC(=O)c2ccc(Cl)cc2O)CCC1. The van der Waals surface area contributed by atoms with Crippen LogP contribution in [0.3, 0.4) is 0 Å². The highest BCUT2D eigenvalue weighted by Crippen LogP contribution is 2.35. The van der Waals surface area contributed by atoms with E-state index in [1.54, 1.807) is 12.1 Å². The third-order valence-corrected chi connectivity index (χ3v) is 3.81. The van der Waals surface area contributed by atoms with Gasteiger partial charge in [-0.05, 0) is 43.9 Å². The van der Waals surface area contributed by atoms with Crippen molar-refractivity contribution in [2.24, 2.45) is 0 Å². The maximum Gasteiger partial charge on any atom is 0.255 e. The zero-order chi connectivity index (χ0) is 12.5. The van der Waals surface area contributed by atoms with E-state index in [-0.39, 0.29) is 22.8 Å². The van der Waals surface area contributed by atoms with E-state index in [9.17, 15) is 9.90 Å². The van der Waals surface area contributed by atoms with Gasteiger partial charge in [0.1, 0.15) is 5.75 Å². The van der Waals surface area contributed by atoms with Gasteiger partial charge in [0.15, 0.2) is 0 Å². The van der Waals surface area contributed by atoms with Gasteiger partial charge in [-0.2, -0.15) is 0 Å². The average Bonchev–Trinajstić information content (AvgIpc) is 2.23. The number of amides is 1. The molecule has 1 saturated carbocycles. The quantitative estimate of drug-likeness (QED) is 0.870. The van der Waals surface area contributed by atoms with Crippen molar-refractivity contribution in [2.75, 3.05) is 0 Å². The number of halogens is 1. The molecule has 92 valence electrons. The van der Waals surface area contributed by atoms with Gasteiger partial charge in [-0.15, -0.1) is 0 Å². The van der Waals surface area contributed by atoms with Crippen LogP contribution >= 0.6 is 11.6 Å². The standard InChI is InChI=1S/C13H16ClNO2/c1-2-13(6-3-7-13)15-12(17)10-5-4-9(14)8-11(10)16/h4-5,8,16H,2-3,6-7H2,1H3,(H,15,17). The number of nitrogens with one attached hydrogen (secondary N) is 1. The maximum absolute atomic E-state index is 12.0. The molecule has 4 heteroatoms. The third-order valence-electron chi connectivity index (χ3n) is 3.57. The van der Waals surface area contributed by atoms with Crippen LogP contribution in [0, 0.1) is 0 Å². The molecule has 2 N–H and O–H groups in total. The van der Waals surface area contributed by atoms with Crippen LogP contribution in [-0.4, -0.2) is 16.6 Å². The monoisotopic (exact) mass is 253 g/mol. The normalized spacial score (nSPS) is 17.3. The molecule has 17 heavy (non-hydrogen) atoms. The Balaban J connectivity index is 2.14. The van der Waals surface area contributed by atoms with Crippen molar-refractivity contribution < 1.29 is 9.90 Å². The zero-order valence-electron chi connectivity index (χ0n) is 9.79. The second-order valence-electron chi connectivity index (χ2n) is 4.60. The largest absolute Gasteiger partial charge is 0.507 e. The predicted molar refractivity (Wildman–Crippen MR) is 67.5 cm³/mol. The average molecular weight is 254 g/mol. The van der Waals surface area contributed by atoms with Gasteiger partial charge in [-0.3, -0.25) is 4.79 Å². The van der Waals surface area contributed by atoms with Crippen molar-refractivity contribution in [3.63, 3.8) is 0 Å². The third kappa shape index (κ3) is 2.39. The van der Waals surface area contributed by atoms with Crippen molar-refractivity contribution in [1.82, 2.24) is 5.32 Å². The van der Waals surface area contributed by atoms with Gasteiger partial charge in [-0.25, -0.2) is 0 Å². The van der Waals surface area contributed by atoms with Crippen molar-refractivity contribution in [2.45, 2.75) is 38.1 Å². The lowest BCUT2D eigenvalue weighted by Crippen LogP contribution is -2.52. The Morgan fingerprint density at radius 3 is 2.71 bits per heavy atom. The van der Waals surface area contributed by atoms with Crippen molar-refractivity contribution in [1.29, 1.82) is 0 Å². The summed E-state index contributed by atoms with van der Waals surface area (Å²) in [7, 11) is 0. The van der Waals surface area contributed by atoms with Crippen LogP contribution in [0.25, 0.3) is 0 Å². The molecule has 0 spiro atoms. The molecule has 1 amide bonds. The van der Waals surface area contributed by atoms with Gasteiger partial charge in [-0.1, -0.05) is 18.5 Å². The number of hydrogen-bond donors (Lipinski definition) is 2. The van der Waals surface area contributed by atoms with Crippen molar-refractivity contribution in [3.05, 3.63) is 28.8 Å². The van der Waals surface area contributed by atoms with E-state index < -0.39 is 0 Å². The maximum atomic E-state index is 12.0. The van der Waals surface area contributed by atoms with Crippen molar-refractivity contribution in [3.8, 4) is 5.75 Å².